The van der Waals surface area contributed by atoms with Crippen molar-refractivity contribution in [3.63, 3.8) is 0 Å². The first-order valence-electron chi connectivity index (χ1n) is 7.86. The molecule has 1 aromatic heterocycles. The number of rotatable bonds is 4. The van der Waals surface area contributed by atoms with Gasteiger partial charge in [0.05, 0.1) is 24.3 Å². The smallest absolute Gasteiger partial charge is 0.254 e. The Kier molecular flexibility index (Phi) is 5.32. The molecule has 7 heteroatoms. The Balaban J connectivity index is 2.05. The highest BCUT2D eigenvalue weighted by atomic mass is 32.1. The second kappa shape index (κ2) is 7.66. The molecule has 1 aromatic carbocycles. The highest BCUT2D eigenvalue weighted by molar-refractivity contribution is 7.80. The van der Waals surface area contributed by atoms with Gasteiger partial charge >= 0.3 is 0 Å². The Morgan fingerprint density at radius 2 is 2.12 bits per heavy atom. The maximum atomic E-state index is 13.1. The van der Waals surface area contributed by atoms with Gasteiger partial charge < -0.3 is 15.4 Å². The van der Waals surface area contributed by atoms with Crippen molar-refractivity contribution in [2.45, 2.75) is 12.8 Å². The number of thiophene rings is 1. The van der Waals surface area contributed by atoms with Crippen molar-refractivity contribution in [3.05, 3.63) is 63.5 Å². The van der Waals surface area contributed by atoms with Gasteiger partial charge in [0.1, 0.15) is 10.7 Å². The summed E-state index contributed by atoms with van der Waals surface area (Å²) in [7, 11) is 1.56. The van der Waals surface area contributed by atoms with Gasteiger partial charge in [0.2, 0.25) is 0 Å². The lowest BCUT2D eigenvalue weighted by Crippen LogP contribution is -2.36. The van der Waals surface area contributed by atoms with Gasteiger partial charge in [0.25, 0.3) is 5.91 Å². The number of thiocarbonyl (C=S) groups is 1. The van der Waals surface area contributed by atoms with E-state index in [-0.39, 0.29) is 5.91 Å². The molecular weight excluding hydrogens is 366 g/mol. The number of ether oxygens (including phenoxy) is 1. The molecule has 0 saturated carbocycles. The van der Waals surface area contributed by atoms with Crippen LogP contribution in [0.3, 0.4) is 0 Å². The predicted octanol–water partition coefficient (Wildman–Crippen LogP) is 3.86. The molecule has 1 unspecified atom stereocenters. The lowest BCUT2D eigenvalue weighted by atomic mass is 9.85. The predicted molar refractivity (Wildman–Crippen MR) is 108 cm³/mol. The van der Waals surface area contributed by atoms with Crippen molar-refractivity contribution in [2.24, 2.45) is 0 Å². The van der Waals surface area contributed by atoms with Gasteiger partial charge in [0.15, 0.2) is 0 Å². The number of para-hydroxylation sites is 2. The standard InChI is InChI=1S/C19H17N3O2S2/c1-11-16(18(23)22-13-6-3-4-7-14(13)24-2)17(15-8-5-9-26-15)12(10-20)19(25)21-11/h3-9,17,20H,1-2H3,(H,21,25)(H,22,23). The fraction of sp³-hybridized carbons (Fsp3) is 0.158. The van der Waals surface area contributed by atoms with E-state index in [0.717, 1.165) is 4.88 Å². The lowest BCUT2D eigenvalue weighted by Gasteiger charge is -2.29. The summed E-state index contributed by atoms with van der Waals surface area (Å²) in [5.41, 5.74) is 2.25. The van der Waals surface area contributed by atoms with E-state index in [4.69, 9.17) is 22.4 Å². The molecule has 3 rings (SSSR count). The third-order valence-corrected chi connectivity index (χ3v) is 5.35. The number of anilines is 1. The van der Waals surface area contributed by atoms with Crippen LogP contribution in [0.25, 0.3) is 0 Å². The van der Waals surface area contributed by atoms with Crippen LogP contribution in [0.15, 0.2) is 58.6 Å². The molecule has 5 nitrogen and oxygen atoms in total. The molecule has 0 fully saturated rings. The third kappa shape index (κ3) is 3.32. The first-order valence-corrected chi connectivity index (χ1v) is 9.15. The summed E-state index contributed by atoms with van der Waals surface area (Å²) < 4.78 is 5.31. The molecule has 0 aliphatic carbocycles. The van der Waals surface area contributed by atoms with E-state index < -0.39 is 5.92 Å². The first-order chi connectivity index (χ1) is 12.6. The molecule has 1 aliphatic rings. The topological polar surface area (TPSA) is 74.2 Å². The number of carbonyl (C=O) groups excluding carboxylic acids is 1. The van der Waals surface area contributed by atoms with Crippen LogP contribution in [0.4, 0.5) is 5.69 Å². The molecule has 0 spiro atoms. The summed E-state index contributed by atoms with van der Waals surface area (Å²) in [5.74, 6) is 2.30. The van der Waals surface area contributed by atoms with Crippen LogP contribution in [0.5, 0.6) is 5.75 Å². The molecule has 1 amide bonds. The Morgan fingerprint density at radius 3 is 2.77 bits per heavy atom. The van der Waals surface area contributed by atoms with E-state index >= 15 is 0 Å². The van der Waals surface area contributed by atoms with Crippen LogP contribution in [0, 0.1) is 5.41 Å². The van der Waals surface area contributed by atoms with Gasteiger partial charge in [0, 0.05) is 16.1 Å². The Bertz CT molecular complexity index is 941. The van der Waals surface area contributed by atoms with Gasteiger partial charge in [-0.1, -0.05) is 30.4 Å². The van der Waals surface area contributed by atoms with Crippen LogP contribution < -0.4 is 15.4 Å². The number of carbonyl (C=O) groups is 1. The van der Waals surface area contributed by atoms with Crippen molar-refractivity contribution in [3.8, 4) is 5.75 Å². The molecule has 1 aliphatic heterocycles. The van der Waals surface area contributed by atoms with Crippen molar-refractivity contribution in [1.29, 1.82) is 5.41 Å². The van der Waals surface area contributed by atoms with E-state index in [2.05, 4.69) is 16.5 Å². The van der Waals surface area contributed by atoms with Crippen LogP contribution >= 0.6 is 23.6 Å². The molecule has 3 N–H and O–H groups in total. The number of allylic oxidation sites excluding steroid dienone is 1. The minimum absolute atomic E-state index is 0.270. The zero-order valence-electron chi connectivity index (χ0n) is 14.3. The molecule has 2 aromatic rings. The molecule has 2 heterocycles. The van der Waals surface area contributed by atoms with Crippen LogP contribution in [0.2, 0.25) is 0 Å². The summed E-state index contributed by atoms with van der Waals surface area (Å²) in [6, 6.07) is 11.1. The van der Waals surface area contributed by atoms with Gasteiger partial charge in [-0.15, -0.1) is 11.3 Å². The summed E-state index contributed by atoms with van der Waals surface area (Å²) >= 11 is 6.87. The normalized spacial score (nSPS) is 16.8. The Morgan fingerprint density at radius 1 is 1.35 bits per heavy atom. The average Bonchev–Trinajstić information content (AvgIpc) is 3.15. The number of methoxy groups -OCH3 is 1. The summed E-state index contributed by atoms with van der Waals surface area (Å²) in [6.45, 7) is 1.81. The summed E-state index contributed by atoms with van der Waals surface area (Å²) in [6.07, 6.45) is 0. The van der Waals surface area contributed by atoms with E-state index in [0.29, 0.717) is 33.3 Å². The monoisotopic (exact) mass is 383 g/mol. The van der Waals surface area contributed by atoms with Crippen LogP contribution in [-0.4, -0.2) is 23.9 Å². The van der Waals surface area contributed by atoms with Gasteiger partial charge in [-0.05, 0) is 36.4 Å². The summed E-state index contributed by atoms with van der Waals surface area (Å²) in [5, 5.41) is 15.5. The van der Waals surface area contributed by atoms with Gasteiger partial charge in [-0.25, -0.2) is 0 Å². The first kappa shape index (κ1) is 18.1. The van der Waals surface area contributed by atoms with E-state index in [9.17, 15) is 4.79 Å². The van der Waals surface area contributed by atoms with E-state index in [1.54, 1.807) is 19.2 Å². The highest BCUT2D eigenvalue weighted by Gasteiger charge is 2.35. The van der Waals surface area contributed by atoms with E-state index in [1.807, 2.05) is 36.6 Å². The number of amides is 1. The van der Waals surface area contributed by atoms with Crippen molar-refractivity contribution in [2.75, 3.05) is 12.4 Å². The molecule has 0 bridgehead atoms. The molecule has 0 saturated heterocycles. The third-order valence-electron chi connectivity index (χ3n) is 4.09. The maximum absolute atomic E-state index is 13.1. The second-order valence-corrected chi connectivity index (χ2v) is 7.02. The fourth-order valence-electron chi connectivity index (χ4n) is 2.90. The lowest BCUT2D eigenvalue weighted by molar-refractivity contribution is -0.113. The minimum Gasteiger partial charge on any atom is -0.495 e. The molecule has 0 radical (unpaired) electrons. The molecule has 26 heavy (non-hydrogen) atoms. The quantitative estimate of drug-likeness (QED) is 0.426. The number of nitrogens with one attached hydrogen (secondary N) is 3. The van der Waals surface area contributed by atoms with Gasteiger partial charge in [-0.3, -0.25) is 10.2 Å². The highest BCUT2D eigenvalue weighted by Crippen LogP contribution is 2.39. The maximum Gasteiger partial charge on any atom is 0.254 e. The SMILES string of the molecule is COc1ccccc1NC(=O)C1=C(C)NC(=S)C(=C=N)C1c1cccs1. The fourth-order valence-corrected chi connectivity index (χ4v) is 4.07. The Hall–Kier alpha value is -2.73. The second-order valence-electron chi connectivity index (χ2n) is 5.63. The molecule has 132 valence electrons. The van der Waals surface area contributed by atoms with Crippen molar-refractivity contribution in [1.82, 2.24) is 5.32 Å². The number of hydrogen-bond donors (Lipinski definition) is 3. The molecular formula is C19H17N3O2S2. The van der Waals surface area contributed by atoms with Crippen molar-refractivity contribution >= 4 is 46.0 Å². The largest absolute Gasteiger partial charge is 0.495 e. The van der Waals surface area contributed by atoms with Gasteiger partial charge in [-0.2, -0.15) is 0 Å². The van der Waals surface area contributed by atoms with Crippen LogP contribution in [0.1, 0.15) is 17.7 Å². The summed E-state index contributed by atoms with van der Waals surface area (Å²) in [4.78, 5) is 14.5. The minimum atomic E-state index is -0.420. The number of benzene rings is 1. The van der Waals surface area contributed by atoms with Crippen LogP contribution in [-0.2, 0) is 4.79 Å². The zero-order chi connectivity index (χ0) is 18.7. The average molecular weight is 383 g/mol. The van der Waals surface area contributed by atoms with E-state index in [1.165, 1.54) is 11.3 Å². The number of hydrogen-bond acceptors (Lipinski definition) is 5. The Labute approximate surface area is 160 Å². The zero-order valence-corrected chi connectivity index (χ0v) is 15.9. The molecule has 1 atom stereocenters. The van der Waals surface area contributed by atoms with Crippen molar-refractivity contribution < 1.29 is 9.53 Å².